The van der Waals surface area contributed by atoms with E-state index in [0.717, 1.165) is 18.7 Å². The minimum atomic E-state index is -4.36. The summed E-state index contributed by atoms with van der Waals surface area (Å²) in [7, 11) is 1.55. The van der Waals surface area contributed by atoms with Gasteiger partial charge in [0.05, 0.1) is 23.6 Å². The zero-order valence-electron chi connectivity index (χ0n) is 13.2. The lowest BCUT2D eigenvalue weighted by Gasteiger charge is -2.28. The van der Waals surface area contributed by atoms with Crippen LogP contribution >= 0.6 is 0 Å². The van der Waals surface area contributed by atoms with Gasteiger partial charge in [-0.2, -0.15) is 13.2 Å². The summed E-state index contributed by atoms with van der Waals surface area (Å²) < 4.78 is 42.9. The van der Waals surface area contributed by atoms with Crippen LogP contribution in [0.3, 0.4) is 0 Å². The molecule has 128 valence electrons. The second kappa shape index (κ2) is 6.88. The summed E-state index contributed by atoms with van der Waals surface area (Å²) in [6.45, 7) is 3.34. The Morgan fingerprint density at radius 1 is 1.39 bits per heavy atom. The Kier molecular flexibility index (Phi) is 5.31. The highest BCUT2D eigenvalue weighted by molar-refractivity contribution is 5.83. The van der Waals surface area contributed by atoms with E-state index in [1.807, 2.05) is 0 Å². The topological polar surface area (TPSA) is 50.4 Å². The predicted molar refractivity (Wildman–Crippen MR) is 79.8 cm³/mol. The molecule has 2 atom stereocenters. The van der Waals surface area contributed by atoms with Gasteiger partial charge in [-0.25, -0.2) is 0 Å². The molecule has 0 saturated carbocycles. The van der Waals surface area contributed by atoms with Crippen molar-refractivity contribution in [3.8, 4) is 0 Å². The molecule has 1 aliphatic heterocycles. The fourth-order valence-electron chi connectivity index (χ4n) is 2.80. The molecule has 7 heteroatoms. The van der Waals surface area contributed by atoms with E-state index >= 15 is 0 Å². The first-order valence-corrected chi connectivity index (χ1v) is 7.46. The van der Waals surface area contributed by atoms with Crippen LogP contribution in [0, 0.1) is 5.41 Å². The van der Waals surface area contributed by atoms with Crippen LogP contribution in [0.25, 0.3) is 0 Å². The molecule has 4 nitrogen and oxygen atoms in total. The van der Waals surface area contributed by atoms with Gasteiger partial charge < -0.3 is 15.4 Å². The Labute approximate surface area is 133 Å². The van der Waals surface area contributed by atoms with Crippen LogP contribution in [0.1, 0.15) is 30.5 Å². The second-order valence-electron chi connectivity index (χ2n) is 5.96. The standard InChI is InChI=1S/C16H21F3N2O2/c1-11(12-3-5-13(6-4-12)16(17,18)19)21-14(22)15(10-23-2)7-8-20-9-15/h3-6,11,20H,7-10H2,1-2H3,(H,21,22). The molecule has 1 saturated heterocycles. The van der Waals surface area contributed by atoms with Crippen LogP contribution in [-0.2, 0) is 15.7 Å². The van der Waals surface area contributed by atoms with Crippen molar-refractivity contribution in [3.63, 3.8) is 0 Å². The lowest BCUT2D eigenvalue weighted by molar-refractivity contribution is -0.137. The average molecular weight is 330 g/mol. The SMILES string of the molecule is COCC1(C(=O)NC(C)c2ccc(C(F)(F)F)cc2)CCNC1. The number of nitrogens with one attached hydrogen (secondary N) is 2. The van der Waals surface area contributed by atoms with Crippen molar-refractivity contribution in [1.29, 1.82) is 0 Å². The summed E-state index contributed by atoms with van der Waals surface area (Å²) in [6.07, 6.45) is -3.69. The van der Waals surface area contributed by atoms with Crippen LogP contribution in [0.4, 0.5) is 13.2 Å². The third-order valence-electron chi connectivity index (χ3n) is 4.23. The smallest absolute Gasteiger partial charge is 0.384 e. The molecule has 0 aromatic heterocycles. The molecule has 2 rings (SSSR count). The summed E-state index contributed by atoms with van der Waals surface area (Å²) >= 11 is 0. The van der Waals surface area contributed by atoms with Crippen molar-refractivity contribution < 1.29 is 22.7 Å². The number of carbonyl (C=O) groups excluding carboxylic acids is 1. The Morgan fingerprint density at radius 2 is 2.04 bits per heavy atom. The van der Waals surface area contributed by atoms with Crippen LogP contribution in [0.2, 0.25) is 0 Å². The number of halogens is 3. The highest BCUT2D eigenvalue weighted by Gasteiger charge is 2.41. The number of carbonyl (C=O) groups is 1. The van der Waals surface area contributed by atoms with Crippen LogP contribution in [-0.4, -0.2) is 32.7 Å². The van der Waals surface area contributed by atoms with Gasteiger partial charge in [-0.15, -0.1) is 0 Å². The third kappa shape index (κ3) is 4.03. The van der Waals surface area contributed by atoms with E-state index in [-0.39, 0.29) is 11.9 Å². The van der Waals surface area contributed by atoms with E-state index in [0.29, 0.717) is 25.1 Å². The maximum absolute atomic E-state index is 12.6. The van der Waals surface area contributed by atoms with E-state index in [9.17, 15) is 18.0 Å². The molecule has 1 amide bonds. The number of alkyl halides is 3. The third-order valence-corrected chi connectivity index (χ3v) is 4.23. The van der Waals surface area contributed by atoms with Crippen LogP contribution < -0.4 is 10.6 Å². The number of amides is 1. The zero-order valence-corrected chi connectivity index (χ0v) is 13.2. The highest BCUT2D eigenvalue weighted by atomic mass is 19.4. The van der Waals surface area contributed by atoms with E-state index in [2.05, 4.69) is 10.6 Å². The Hall–Kier alpha value is -1.60. The van der Waals surface area contributed by atoms with E-state index in [1.165, 1.54) is 12.1 Å². The number of hydrogen-bond donors (Lipinski definition) is 2. The van der Waals surface area contributed by atoms with Crippen molar-refractivity contribution in [1.82, 2.24) is 10.6 Å². The number of rotatable bonds is 5. The maximum atomic E-state index is 12.6. The Balaban J connectivity index is 2.06. The van der Waals surface area contributed by atoms with E-state index < -0.39 is 17.2 Å². The van der Waals surface area contributed by atoms with Crippen molar-refractivity contribution in [2.45, 2.75) is 25.6 Å². The first-order chi connectivity index (χ1) is 10.8. The summed E-state index contributed by atoms with van der Waals surface area (Å²) in [6, 6.07) is 4.46. The van der Waals surface area contributed by atoms with Gasteiger partial charge in [-0.3, -0.25) is 4.79 Å². The van der Waals surface area contributed by atoms with Gasteiger partial charge in [0.15, 0.2) is 0 Å². The number of methoxy groups -OCH3 is 1. The monoisotopic (exact) mass is 330 g/mol. The molecule has 2 N–H and O–H groups in total. The van der Waals surface area contributed by atoms with Crippen LogP contribution in [0.5, 0.6) is 0 Å². The van der Waals surface area contributed by atoms with E-state index in [1.54, 1.807) is 14.0 Å². The van der Waals surface area contributed by atoms with Gasteiger partial charge in [-0.1, -0.05) is 12.1 Å². The molecule has 1 heterocycles. The molecule has 1 aromatic rings. The van der Waals surface area contributed by atoms with Crippen LogP contribution in [0.15, 0.2) is 24.3 Å². The van der Waals surface area contributed by atoms with Gasteiger partial charge >= 0.3 is 6.18 Å². The van der Waals surface area contributed by atoms with Gasteiger partial charge in [0.1, 0.15) is 0 Å². The van der Waals surface area contributed by atoms with Gasteiger partial charge in [0, 0.05) is 13.7 Å². The summed E-state index contributed by atoms with van der Waals surface area (Å²) in [5.41, 5.74) is -0.685. The molecule has 2 unspecified atom stereocenters. The van der Waals surface area contributed by atoms with Crippen molar-refractivity contribution >= 4 is 5.91 Å². The Bertz CT molecular complexity index is 537. The summed E-state index contributed by atoms with van der Waals surface area (Å²) in [4.78, 5) is 12.6. The Morgan fingerprint density at radius 3 is 2.52 bits per heavy atom. The minimum absolute atomic E-state index is 0.142. The molecule has 0 spiro atoms. The first kappa shape index (κ1) is 17.7. The molecule has 1 aromatic carbocycles. The average Bonchev–Trinajstić information content (AvgIpc) is 2.97. The van der Waals surface area contributed by atoms with E-state index in [4.69, 9.17) is 4.74 Å². The molecule has 0 aliphatic carbocycles. The fourth-order valence-corrected chi connectivity index (χ4v) is 2.80. The van der Waals surface area contributed by atoms with Crippen molar-refractivity contribution in [2.24, 2.45) is 5.41 Å². The van der Waals surface area contributed by atoms with Crippen molar-refractivity contribution in [2.75, 3.05) is 26.8 Å². The molecular formula is C16H21F3N2O2. The number of benzene rings is 1. The maximum Gasteiger partial charge on any atom is 0.416 e. The molecule has 0 bridgehead atoms. The lowest BCUT2D eigenvalue weighted by Crippen LogP contribution is -2.46. The number of ether oxygens (including phenoxy) is 1. The summed E-state index contributed by atoms with van der Waals surface area (Å²) in [5.74, 6) is -0.142. The molecule has 1 aliphatic rings. The molecule has 23 heavy (non-hydrogen) atoms. The number of hydrogen-bond acceptors (Lipinski definition) is 3. The summed E-state index contributed by atoms with van der Waals surface area (Å²) in [5, 5.41) is 6.03. The van der Waals surface area contributed by atoms with Gasteiger partial charge in [-0.05, 0) is 37.6 Å². The van der Waals surface area contributed by atoms with Crippen molar-refractivity contribution in [3.05, 3.63) is 35.4 Å². The quantitative estimate of drug-likeness (QED) is 0.872. The predicted octanol–water partition coefficient (Wildman–Crippen LogP) is 2.51. The molecule has 0 radical (unpaired) electrons. The lowest BCUT2D eigenvalue weighted by atomic mass is 9.86. The highest BCUT2D eigenvalue weighted by Crippen LogP contribution is 2.31. The second-order valence-corrected chi connectivity index (χ2v) is 5.96. The zero-order chi connectivity index (χ0) is 17.1. The molecular weight excluding hydrogens is 309 g/mol. The van der Waals surface area contributed by atoms with Gasteiger partial charge in [0.25, 0.3) is 0 Å². The largest absolute Gasteiger partial charge is 0.416 e. The minimum Gasteiger partial charge on any atom is -0.384 e. The molecule has 1 fully saturated rings. The van der Waals surface area contributed by atoms with Gasteiger partial charge in [0.2, 0.25) is 5.91 Å². The first-order valence-electron chi connectivity index (χ1n) is 7.46. The normalized spacial score (nSPS) is 22.8. The fraction of sp³-hybridized carbons (Fsp3) is 0.562.